The number of rotatable bonds is 6. The molecule has 1 amide bonds. The summed E-state index contributed by atoms with van der Waals surface area (Å²) in [6.45, 7) is 0.602. The lowest BCUT2D eigenvalue weighted by Gasteiger charge is -2.09. The molecule has 0 unspecified atom stereocenters. The first-order chi connectivity index (χ1) is 14.2. The molecule has 4 aromatic rings. The summed E-state index contributed by atoms with van der Waals surface area (Å²) >= 11 is 0. The Hall–Kier alpha value is -3.80. The number of amides is 1. The molecule has 0 aliphatic carbocycles. The summed E-state index contributed by atoms with van der Waals surface area (Å²) in [5, 5.41) is 12.9. The fraction of sp³-hybridized carbons (Fsp3) is 0.0870. The quantitative estimate of drug-likeness (QED) is 0.503. The molecular weight excluding hydrogens is 369 g/mol. The summed E-state index contributed by atoms with van der Waals surface area (Å²) in [6.07, 6.45) is 0. The number of nitrogens with one attached hydrogen (secondary N) is 1. The molecule has 0 aliphatic rings. The van der Waals surface area contributed by atoms with Crippen LogP contribution in [0.1, 0.15) is 10.4 Å². The van der Waals surface area contributed by atoms with E-state index in [9.17, 15) is 9.18 Å². The molecule has 6 heteroatoms. The Balaban J connectivity index is 1.31. The highest BCUT2D eigenvalue weighted by Crippen LogP contribution is 2.19. The van der Waals surface area contributed by atoms with Crippen LogP contribution in [0.5, 0.6) is 5.88 Å². The number of hydrogen-bond donors (Lipinski definition) is 1. The third kappa shape index (κ3) is 4.38. The van der Waals surface area contributed by atoms with Crippen LogP contribution in [-0.2, 0) is 0 Å². The second-order valence-corrected chi connectivity index (χ2v) is 6.39. The zero-order valence-electron chi connectivity index (χ0n) is 15.5. The summed E-state index contributed by atoms with van der Waals surface area (Å²) in [7, 11) is 0. The number of carbonyl (C=O) groups is 1. The minimum atomic E-state index is -0.299. The highest BCUT2D eigenvalue weighted by atomic mass is 19.1. The van der Waals surface area contributed by atoms with Crippen LogP contribution >= 0.6 is 0 Å². The van der Waals surface area contributed by atoms with Gasteiger partial charge >= 0.3 is 0 Å². The molecule has 0 aliphatic heterocycles. The Morgan fingerprint density at radius 3 is 2.48 bits per heavy atom. The smallest absolute Gasteiger partial charge is 0.252 e. The fourth-order valence-electron chi connectivity index (χ4n) is 3.01. The van der Waals surface area contributed by atoms with Crippen LogP contribution in [0, 0.1) is 5.82 Å². The highest BCUT2D eigenvalue weighted by molar-refractivity contribution is 6.06. The Labute approximate surface area is 167 Å². The van der Waals surface area contributed by atoms with Crippen molar-refractivity contribution < 1.29 is 13.9 Å². The van der Waals surface area contributed by atoms with E-state index in [1.165, 1.54) is 12.1 Å². The third-order valence-corrected chi connectivity index (χ3v) is 4.45. The summed E-state index contributed by atoms with van der Waals surface area (Å²) in [6, 6.07) is 22.9. The largest absolute Gasteiger partial charge is 0.475 e. The van der Waals surface area contributed by atoms with E-state index in [-0.39, 0.29) is 18.3 Å². The lowest BCUT2D eigenvalue weighted by molar-refractivity contribution is 0.0948. The van der Waals surface area contributed by atoms with Crippen LogP contribution in [0.4, 0.5) is 4.39 Å². The standard InChI is InChI=1S/C23H18FN3O2/c24-18-10-8-17(9-11-18)21-12-13-22(27-26-21)29-15-14-25-23(28)20-7-3-5-16-4-1-2-6-19(16)20/h1-13H,14-15H2,(H,25,28). The minimum absolute atomic E-state index is 0.150. The molecule has 144 valence electrons. The summed E-state index contributed by atoms with van der Waals surface area (Å²) in [5.74, 6) is -0.0920. The second-order valence-electron chi connectivity index (χ2n) is 6.39. The minimum Gasteiger partial charge on any atom is -0.475 e. The zero-order chi connectivity index (χ0) is 20.1. The van der Waals surface area contributed by atoms with Gasteiger partial charge in [0.25, 0.3) is 5.91 Å². The molecule has 0 spiro atoms. The van der Waals surface area contributed by atoms with E-state index in [0.29, 0.717) is 23.7 Å². The molecule has 0 bridgehead atoms. The van der Waals surface area contributed by atoms with E-state index >= 15 is 0 Å². The molecule has 29 heavy (non-hydrogen) atoms. The summed E-state index contributed by atoms with van der Waals surface area (Å²) in [4.78, 5) is 12.5. The number of aromatic nitrogens is 2. The average Bonchev–Trinajstić information content (AvgIpc) is 2.77. The van der Waals surface area contributed by atoms with Crippen LogP contribution in [0.2, 0.25) is 0 Å². The number of ether oxygens (including phenoxy) is 1. The van der Waals surface area contributed by atoms with Gasteiger partial charge in [0.2, 0.25) is 5.88 Å². The molecular formula is C23H18FN3O2. The van der Waals surface area contributed by atoms with Gasteiger partial charge in [-0.3, -0.25) is 4.79 Å². The van der Waals surface area contributed by atoms with Gasteiger partial charge in [0.1, 0.15) is 12.4 Å². The topological polar surface area (TPSA) is 64.1 Å². The molecule has 4 rings (SSSR count). The number of hydrogen-bond acceptors (Lipinski definition) is 4. The molecule has 1 aromatic heterocycles. The molecule has 0 radical (unpaired) electrons. The van der Waals surface area contributed by atoms with Crippen molar-refractivity contribution in [1.29, 1.82) is 0 Å². The SMILES string of the molecule is O=C(NCCOc1ccc(-c2ccc(F)cc2)nn1)c1cccc2ccccc12. The zero-order valence-corrected chi connectivity index (χ0v) is 15.5. The first-order valence-electron chi connectivity index (χ1n) is 9.19. The highest BCUT2D eigenvalue weighted by Gasteiger charge is 2.09. The summed E-state index contributed by atoms with van der Waals surface area (Å²) in [5.41, 5.74) is 2.03. The van der Waals surface area contributed by atoms with Crippen molar-refractivity contribution in [2.24, 2.45) is 0 Å². The molecule has 1 N–H and O–H groups in total. The van der Waals surface area contributed by atoms with Gasteiger partial charge in [0, 0.05) is 17.2 Å². The van der Waals surface area contributed by atoms with Gasteiger partial charge in [-0.05, 0) is 47.2 Å². The average molecular weight is 387 g/mol. The maximum Gasteiger partial charge on any atom is 0.252 e. The molecule has 0 saturated heterocycles. The van der Waals surface area contributed by atoms with Crippen molar-refractivity contribution in [2.75, 3.05) is 13.2 Å². The van der Waals surface area contributed by atoms with Crippen molar-refractivity contribution >= 4 is 16.7 Å². The van der Waals surface area contributed by atoms with Crippen LogP contribution in [0.15, 0.2) is 78.9 Å². The van der Waals surface area contributed by atoms with Crippen LogP contribution in [0.25, 0.3) is 22.0 Å². The van der Waals surface area contributed by atoms with Gasteiger partial charge in [-0.2, -0.15) is 0 Å². The number of fused-ring (bicyclic) bond motifs is 1. The van der Waals surface area contributed by atoms with E-state index < -0.39 is 0 Å². The van der Waals surface area contributed by atoms with E-state index in [1.807, 2.05) is 36.4 Å². The first kappa shape index (κ1) is 18.6. The lowest BCUT2D eigenvalue weighted by atomic mass is 10.0. The number of halogens is 1. The molecule has 0 saturated carbocycles. The van der Waals surface area contributed by atoms with Crippen molar-refractivity contribution in [3.05, 3.63) is 90.2 Å². The Morgan fingerprint density at radius 2 is 1.69 bits per heavy atom. The monoisotopic (exact) mass is 387 g/mol. The van der Waals surface area contributed by atoms with Crippen LogP contribution < -0.4 is 10.1 Å². The maximum atomic E-state index is 13.0. The second kappa shape index (κ2) is 8.48. The molecule has 0 atom stereocenters. The lowest BCUT2D eigenvalue weighted by Crippen LogP contribution is -2.28. The van der Waals surface area contributed by atoms with Crippen molar-refractivity contribution in [1.82, 2.24) is 15.5 Å². The molecule has 1 heterocycles. The predicted molar refractivity (Wildman–Crippen MR) is 109 cm³/mol. The van der Waals surface area contributed by atoms with E-state index in [4.69, 9.17) is 4.74 Å². The number of nitrogens with zero attached hydrogens (tertiary/aromatic N) is 2. The molecule has 0 fully saturated rings. The van der Waals surface area contributed by atoms with E-state index in [1.54, 1.807) is 30.3 Å². The Morgan fingerprint density at radius 1 is 0.897 bits per heavy atom. The van der Waals surface area contributed by atoms with Gasteiger partial charge in [-0.15, -0.1) is 10.2 Å². The van der Waals surface area contributed by atoms with Crippen LogP contribution in [0.3, 0.4) is 0 Å². The fourth-order valence-corrected chi connectivity index (χ4v) is 3.01. The summed E-state index contributed by atoms with van der Waals surface area (Å²) < 4.78 is 18.5. The normalized spacial score (nSPS) is 10.7. The molecule has 3 aromatic carbocycles. The van der Waals surface area contributed by atoms with Crippen molar-refractivity contribution in [3.63, 3.8) is 0 Å². The van der Waals surface area contributed by atoms with E-state index in [2.05, 4.69) is 15.5 Å². The van der Waals surface area contributed by atoms with Crippen molar-refractivity contribution in [3.8, 4) is 17.1 Å². The van der Waals surface area contributed by atoms with Gasteiger partial charge in [0.15, 0.2) is 0 Å². The Kier molecular flexibility index (Phi) is 5.42. The Bertz CT molecular complexity index is 1120. The maximum absolute atomic E-state index is 13.0. The van der Waals surface area contributed by atoms with E-state index in [0.717, 1.165) is 16.3 Å². The number of benzene rings is 3. The van der Waals surface area contributed by atoms with Crippen LogP contribution in [-0.4, -0.2) is 29.3 Å². The van der Waals surface area contributed by atoms with Gasteiger partial charge < -0.3 is 10.1 Å². The number of carbonyl (C=O) groups excluding carboxylic acids is 1. The predicted octanol–water partition coefficient (Wildman–Crippen LogP) is 4.24. The molecule has 5 nitrogen and oxygen atoms in total. The van der Waals surface area contributed by atoms with Gasteiger partial charge in [-0.1, -0.05) is 36.4 Å². The van der Waals surface area contributed by atoms with Gasteiger partial charge in [0.05, 0.1) is 12.2 Å². The van der Waals surface area contributed by atoms with Crippen molar-refractivity contribution in [2.45, 2.75) is 0 Å². The first-order valence-corrected chi connectivity index (χ1v) is 9.19. The third-order valence-electron chi connectivity index (χ3n) is 4.45. The van der Waals surface area contributed by atoms with Gasteiger partial charge in [-0.25, -0.2) is 4.39 Å².